The fourth-order valence-corrected chi connectivity index (χ4v) is 3.59. The van der Waals surface area contributed by atoms with E-state index in [0.717, 1.165) is 0 Å². The number of halogens is 3. The fraction of sp³-hybridized carbons (Fsp3) is 0.273. The molecule has 33 heavy (non-hydrogen) atoms. The molecular weight excluding hydrogens is 459 g/mol. The molecule has 1 aliphatic heterocycles. The van der Waals surface area contributed by atoms with Gasteiger partial charge in [0.15, 0.2) is 5.11 Å². The van der Waals surface area contributed by atoms with Crippen molar-refractivity contribution in [2.45, 2.75) is 19.3 Å². The zero-order valence-corrected chi connectivity index (χ0v) is 19.1. The van der Waals surface area contributed by atoms with E-state index in [-0.39, 0.29) is 5.75 Å². The van der Waals surface area contributed by atoms with Crippen LogP contribution in [0.4, 0.5) is 18.9 Å². The predicted octanol–water partition coefficient (Wildman–Crippen LogP) is 4.38. The van der Waals surface area contributed by atoms with Gasteiger partial charge in [0.25, 0.3) is 5.91 Å². The average molecular weight is 481 g/mol. The Labute approximate surface area is 194 Å². The second kappa shape index (κ2) is 9.57. The number of carbonyl (C=O) groups excluding carboxylic acids is 1. The minimum Gasteiger partial charge on any atom is -0.497 e. The van der Waals surface area contributed by atoms with E-state index >= 15 is 0 Å². The minimum absolute atomic E-state index is 0.341. The summed E-state index contributed by atoms with van der Waals surface area (Å²) in [4.78, 5) is 15.0. The number of rotatable bonds is 6. The van der Waals surface area contributed by atoms with E-state index < -0.39 is 18.3 Å². The van der Waals surface area contributed by atoms with Gasteiger partial charge in [0.2, 0.25) is 0 Å². The molecule has 0 aliphatic carbocycles. The Hall–Kier alpha value is -3.47. The van der Waals surface area contributed by atoms with Crippen LogP contribution in [-0.2, 0) is 4.79 Å². The first-order valence-electron chi connectivity index (χ1n) is 9.68. The van der Waals surface area contributed by atoms with Gasteiger partial charge in [0.1, 0.15) is 17.2 Å². The van der Waals surface area contributed by atoms with E-state index in [2.05, 4.69) is 15.4 Å². The number of nitrogens with zero attached hydrogens (tertiary/aromatic N) is 1. The Kier molecular flexibility index (Phi) is 7.01. The number of amides is 1. The Balaban J connectivity index is 1.95. The summed E-state index contributed by atoms with van der Waals surface area (Å²) in [5.74, 6) is 0.164. The first-order valence-corrected chi connectivity index (χ1v) is 10.1. The molecule has 0 fully saturated rings. The predicted molar refractivity (Wildman–Crippen MR) is 120 cm³/mol. The van der Waals surface area contributed by atoms with Gasteiger partial charge in [0, 0.05) is 18.8 Å². The molecule has 0 aromatic heterocycles. The van der Waals surface area contributed by atoms with Gasteiger partial charge in [0.05, 0.1) is 31.5 Å². The normalized spacial score (nSPS) is 16.3. The lowest BCUT2D eigenvalue weighted by Gasteiger charge is -2.36. The average Bonchev–Trinajstić information content (AvgIpc) is 2.76. The van der Waals surface area contributed by atoms with Crippen LogP contribution in [0.15, 0.2) is 53.7 Å². The molecular formula is C22H22F3N3O4S. The van der Waals surface area contributed by atoms with Gasteiger partial charge in [-0.15, -0.1) is 13.2 Å². The van der Waals surface area contributed by atoms with Gasteiger partial charge in [-0.2, -0.15) is 0 Å². The van der Waals surface area contributed by atoms with Gasteiger partial charge in [-0.25, -0.2) is 0 Å². The lowest BCUT2D eigenvalue weighted by atomic mass is 9.94. The largest absolute Gasteiger partial charge is 0.573 e. The van der Waals surface area contributed by atoms with E-state index in [0.29, 0.717) is 39.1 Å². The Morgan fingerprint density at radius 3 is 2.30 bits per heavy atom. The summed E-state index contributed by atoms with van der Waals surface area (Å²) in [5.41, 5.74) is 1.89. The minimum atomic E-state index is -4.80. The highest BCUT2D eigenvalue weighted by molar-refractivity contribution is 7.80. The highest BCUT2D eigenvalue weighted by Crippen LogP contribution is 2.34. The third-order valence-electron chi connectivity index (χ3n) is 5.10. The molecule has 2 N–H and O–H groups in total. The summed E-state index contributed by atoms with van der Waals surface area (Å²) in [5, 5.41) is 6.27. The lowest BCUT2D eigenvalue weighted by Crippen LogP contribution is -2.46. The van der Waals surface area contributed by atoms with Gasteiger partial charge in [-0.1, -0.05) is 12.1 Å². The number of methoxy groups -OCH3 is 2. The van der Waals surface area contributed by atoms with E-state index in [9.17, 15) is 18.0 Å². The molecule has 11 heteroatoms. The second-order valence-corrected chi connectivity index (χ2v) is 7.46. The number of hydrogen-bond donors (Lipinski definition) is 2. The molecule has 0 spiro atoms. The molecule has 0 radical (unpaired) electrons. The third-order valence-corrected chi connectivity index (χ3v) is 5.49. The van der Waals surface area contributed by atoms with Crippen molar-refractivity contribution in [2.24, 2.45) is 0 Å². The number of carbonyl (C=O) groups is 1. The van der Waals surface area contributed by atoms with Crippen LogP contribution in [0.1, 0.15) is 18.5 Å². The Morgan fingerprint density at radius 1 is 1.09 bits per heavy atom. The topological polar surface area (TPSA) is 72.1 Å². The van der Waals surface area contributed by atoms with Crippen LogP contribution in [-0.4, -0.2) is 43.5 Å². The van der Waals surface area contributed by atoms with Crippen LogP contribution in [0, 0.1) is 0 Å². The molecule has 3 rings (SSSR count). The van der Waals surface area contributed by atoms with Crippen molar-refractivity contribution >= 4 is 28.9 Å². The SMILES string of the molecule is COc1ccc(NC(=O)C2=C(C)N(C)C(=S)NC2c2ccc(OC(F)(F)F)cc2)c(OC)c1. The molecule has 7 nitrogen and oxygen atoms in total. The first kappa shape index (κ1) is 24.2. The maximum Gasteiger partial charge on any atom is 0.573 e. The number of nitrogens with one attached hydrogen (secondary N) is 2. The Bertz CT molecular complexity index is 1090. The van der Waals surface area contributed by atoms with Crippen molar-refractivity contribution in [1.29, 1.82) is 0 Å². The van der Waals surface area contributed by atoms with Crippen LogP contribution in [0.2, 0.25) is 0 Å². The van der Waals surface area contributed by atoms with Crippen LogP contribution >= 0.6 is 12.2 Å². The molecule has 2 aromatic carbocycles. The highest BCUT2D eigenvalue weighted by atomic mass is 32.1. The number of thiocarbonyl (C=S) groups is 1. The number of anilines is 1. The first-order chi connectivity index (χ1) is 15.5. The standard InChI is InChI=1S/C22H22F3N3O4S/c1-12-18(20(29)26-16-10-9-15(30-3)11-17(16)31-4)19(27-21(33)28(12)2)13-5-7-14(8-6-13)32-22(23,24)25/h5-11,19H,1-4H3,(H,26,29)(H,27,33). The van der Waals surface area contributed by atoms with Crippen LogP contribution in [0.3, 0.4) is 0 Å². The zero-order chi connectivity index (χ0) is 24.3. The van der Waals surface area contributed by atoms with Crippen molar-refractivity contribution in [2.75, 3.05) is 26.6 Å². The molecule has 176 valence electrons. The number of benzene rings is 2. The summed E-state index contributed by atoms with van der Waals surface area (Å²) in [6.45, 7) is 1.74. The molecule has 0 saturated heterocycles. The molecule has 1 heterocycles. The molecule has 0 bridgehead atoms. The van der Waals surface area contributed by atoms with E-state index in [1.807, 2.05) is 0 Å². The van der Waals surface area contributed by atoms with Gasteiger partial charge >= 0.3 is 6.36 Å². The summed E-state index contributed by atoms with van der Waals surface area (Å²) >= 11 is 5.36. The van der Waals surface area contributed by atoms with Crippen LogP contribution in [0.25, 0.3) is 0 Å². The van der Waals surface area contributed by atoms with Crippen molar-refractivity contribution < 1.29 is 32.2 Å². The number of ether oxygens (including phenoxy) is 3. The monoisotopic (exact) mass is 481 g/mol. The summed E-state index contributed by atoms with van der Waals surface area (Å²) in [6.07, 6.45) is -4.80. The van der Waals surface area contributed by atoms with Crippen molar-refractivity contribution in [3.63, 3.8) is 0 Å². The third kappa shape index (κ3) is 5.48. The molecule has 1 unspecified atom stereocenters. The van der Waals surface area contributed by atoms with Crippen LogP contribution < -0.4 is 24.8 Å². The maximum absolute atomic E-state index is 13.4. The number of alkyl halides is 3. The quantitative estimate of drug-likeness (QED) is 0.594. The lowest BCUT2D eigenvalue weighted by molar-refractivity contribution is -0.274. The number of hydrogen-bond acceptors (Lipinski definition) is 5. The van der Waals surface area contributed by atoms with Gasteiger partial charge < -0.3 is 29.7 Å². The second-order valence-electron chi connectivity index (χ2n) is 7.08. The van der Waals surface area contributed by atoms with Crippen LogP contribution in [0.5, 0.6) is 17.2 Å². The Morgan fingerprint density at radius 2 is 1.73 bits per heavy atom. The van der Waals surface area contributed by atoms with E-state index in [4.69, 9.17) is 21.7 Å². The smallest absolute Gasteiger partial charge is 0.497 e. The summed E-state index contributed by atoms with van der Waals surface area (Å²) < 4.78 is 51.9. The van der Waals surface area contributed by atoms with Crippen molar-refractivity contribution in [3.8, 4) is 17.2 Å². The molecule has 1 atom stereocenters. The molecule has 0 saturated carbocycles. The fourth-order valence-electron chi connectivity index (χ4n) is 3.33. The highest BCUT2D eigenvalue weighted by Gasteiger charge is 2.34. The van der Waals surface area contributed by atoms with Crippen molar-refractivity contribution in [3.05, 3.63) is 59.3 Å². The molecule has 2 aromatic rings. The van der Waals surface area contributed by atoms with Gasteiger partial charge in [-0.3, -0.25) is 4.79 Å². The zero-order valence-electron chi connectivity index (χ0n) is 18.2. The summed E-state index contributed by atoms with van der Waals surface area (Å²) in [7, 11) is 4.70. The van der Waals surface area contributed by atoms with Gasteiger partial charge in [-0.05, 0) is 49.0 Å². The molecule has 1 aliphatic rings. The van der Waals surface area contributed by atoms with E-state index in [1.165, 1.54) is 38.5 Å². The van der Waals surface area contributed by atoms with Crippen molar-refractivity contribution in [1.82, 2.24) is 10.2 Å². The van der Waals surface area contributed by atoms with E-state index in [1.54, 1.807) is 37.1 Å². The summed E-state index contributed by atoms with van der Waals surface area (Å²) in [6, 6.07) is 9.52. The molecule has 1 amide bonds. The number of allylic oxidation sites excluding steroid dienone is 1. The maximum atomic E-state index is 13.4.